The van der Waals surface area contributed by atoms with E-state index in [0.29, 0.717) is 18.6 Å². The average molecular weight is 369 g/mol. The highest BCUT2D eigenvalue weighted by Gasteiger charge is 2.75. The average Bonchev–Trinajstić information content (AvgIpc) is 3.38. The van der Waals surface area contributed by atoms with Crippen LogP contribution in [0.4, 0.5) is 0 Å². The van der Waals surface area contributed by atoms with Gasteiger partial charge in [-0.1, -0.05) is 13.0 Å². The third-order valence-corrected chi connectivity index (χ3v) is 8.34. The zero-order valence-electron chi connectivity index (χ0n) is 15.7. The van der Waals surface area contributed by atoms with Gasteiger partial charge in [0.15, 0.2) is 23.4 Å². The van der Waals surface area contributed by atoms with Crippen molar-refractivity contribution >= 4 is 5.78 Å². The number of benzene rings is 1. The molecule has 1 aromatic carbocycles. The van der Waals surface area contributed by atoms with Gasteiger partial charge in [-0.05, 0) is 62.1 Å². The van der Waals surface area contributed by atoms with Crippen LogP contribution in [0, 0.1) is 17.8 Å². The molecule has 1 spiro atoms. The molecule has 0 aromatic heterocycles. The van der Waals surface area contributed by atoms with E-state index in [1.807, 2.05) is 6.07 Å². The SMILES string of the molecule is CC1CC(NCC2CC2)[C@@H]2Cc3ccc(O)c4c3[C@]13[C@@H](O4)C(=O)CC[C@@]23O. The van der Waals surface area contributed by atoms with Gasteiger partial charge >= 0.3 is 0 Å². The van der Waals surface area contributed by atoms with E-state index in [0.717, 1.165) is 36.4 Å². The number of rotatable bonds is 3. The molecule has 5 aliphatic rings. The van der Waals surface area contributed by atoms with E-state index in [-0.39, 0.29) is 29.4 Å². The van der Waals surface area contributed by atoms with E-state index >= 15 is 0 Å². The van der Waals surface area contributed by atoms with Crippen molar-refractivity contribution in [2.75, 3.05) is 6.54 Å². The van der Waals surface area contributed by atoms with Crippen LogP contribution >= 0.6 is 0 Å². The fourth-order valence-corrected chi connectivity index (χ4v) is 7.01. The first-order valence-corrected chi connectivity index (χ1v) is 10.5. The molecule has 0 saturated heterocycles. The predicted molar refractivity (Wildman–Crippen MR) is 98.9 cm³/mol. The van der Waals surface area contributed by atoms with Crippen molar-refractivity contribution in [1.29, 1.82) is 0 Å². The predicted octanol–water partition coefficient (Wildman–Crippen LogP) is 2.07. The molecule has 1 aromatic rings. The highest BCUT2D eigenvalue weighted by Crippen LogP contribution is 2.68. The van der Waals surface area contributed by atoms with E-state index in [1.165, 1.54) is 12.8 Å². The van der Waals surface area contributed by atoms with Crippen LogP contribution < -0.4 is 10.1 Å². The Bertz CT molecular complexity index is 849. The van der Waals surface area contributed by atoms with E-state index in [1.54, 1.807) is 6.07 Å². The third kappa shape index (κ3) is 1.81. The van der Waals surface area contributed by atoms with Gasteiger partial charge in [0, 0.05) is 23.9 Å². The van der Waals surface area contributed by atoms with Crippen LogP contribution in [0.2, 0.25) is 0 Å². The molecule has 1 heterocycles. The Morgan fingerprint density at radius 2 is 2.15 bits per heavy atom. The first-order valence-electron chi connectivity index (χ1n) is 10.5. The molecule has 6 rings (SSSR count). The Morgan fingerprint density at radius 3 is 2.93 bits per heavy atom. The molecule has 2 unspecified atom stereocenters. The molecule has 3 N–H and O–H groups in total. The maximum absolute atomic E-state index is 12.9. The number of phenolic OH excluding ortho intramolecular Hbond substituents is 1. The van der Waals surface area contributed by atoms with Crippen LogP contribution in [0.1, 0.15) is 50.2 Å². The highest BCUT2D eigenvalue weighted by molar-refractivity contribution is 5.90. The van der Waals surface area contributed by atoms with Crippen molar-refractivity contribution in [3.05, 3.63) is 23.3 Å². The first-order chi connectivity index (χ1) is 13.0. The van der Waals surface area contributed by atoms with Gasteiger partial charge in [-0.15, -0.1) is 0 Å². The van der Waals surface area contributed by atoms with Gasteiger partial charge in [-0.2, -0.15) is 0 Å². The monoisotopic (exact) mass is 369 g/mol. The molecule has 5 heteroatoms. The number of nitrogens with one attached hydrogen (secondary N) is 1. The van der Waals surface area contributed by atoms with Gasteiger partial charge in [0.05, 0.1) is 11.0 Å². The standard InChI is InChI=1S/C22H27NO4/c1-11-8-15(23-10-12-2-3-12)14-9-13-4-5-16(24)19-18(13)22(11)20(27-19)17(25)6-7-21(14,22)26/h4-5,11-12,14-15,20,23-24,26H,2-3,6-10H2,1H3/t11?,14-,15?,20-,21+,22-/m0/s1. The van der Waals surface area contributed by atoms with Gasteiger partial charge in [0.2, 0.25) is 0 Å². The lowest BCUT2D eigenvalue weighted by Crippen LogP contribution is -2.76. The summed E-state index contributed by atoms with van der Waals surface area (Å²) in [4.78, 5) is 12.9. The molecular weight excluding hydrogens is 342 g/mol. The summed E-state index contributed by atoms with van der Waals surface area (Å²) in [5.41, 5.74) is 0.384. The molecular formula is C22H27NO4. The van der Waals surface area contributed by atoms with E-state index < -0.39 is 17.1 Å². The van der Waals surface area contributed by atoms with E-state index in [2.05, 4.69) is 12.2 Å². The molecule has 1 aliphatic heterocycles. The molecule has 2 bridgehead atoms. The van der Waals surface area contributed by atoms with Gasteiger partial charge in [0.25, 0.3) is 0 Å². The van der Waals surface area contributed by atoms with Crippen molar-refractivity contribution in [3.63, 3.8) is 0 Å². The lowest BCUT2D eigenvalue weighted by molar-refractivity contribution is -0.197. The number of hydrogen-bond donors (Lipinski definition) is 3. The Hall–Kier alpha value is -1.59. The minimum Gasteiger partial charge on any atom is -0.504 e. The molecule has 4 aliphatic carbocycles. The Morgan fingerprint density at radius 1 is 1.33 bits per heavy atom. The molecule has 144 valence electrons. The van der Waals surface area contributed by atoms with E-state index in [9.17, 15) is 15.0 Å². The summed E-state index contributed by atoms with van der Waals surface area (Å²) in [6, 6.07) is 3.92. The zero-order valence-corrected chi connectivity index (χ0v) is 15.7. The molecule has 3 fully saturated rings. The lowest BCUT2D eigenvalue weighted by Gasteiger charge is -2.64. The number of aliphatic hydroxyl groups is 1. The quantitative estimate of drug-likeness (QED) is 0.760. The lowest BCUT2D eigenvalue weighted by atomic mass is 9.41. The second-order valence-corrected chi connectivity index (χ2v) is 9.61. The second kappa shape index (κ2) is 5.06. The fourth-order valence-electron chi connectivity index (χ4n) is 7.01. The van der Waals surface area contributed by atoms with Crippen molar-refractivity contribution < 1.29 is 19.7 Å². The summed E-state index contributed by atoms with van der Waals surface area (Å²) in [6.45, 7) is 3.19. The van der Waals surface area contributed by atoms with Crippen molar-refractivity contribution in [3.8, 4) is 11.5 Å². The molecule has 27 heavy (non-hydrogen) atoms. The van der Waals surface area contributed by atoms with Crippen LogP contribution in [0.5, 0.6) is 11.5 Å². The summed E-state index contributed by atoms with van der Waals surface area (Å²) >= 11 is 0. The van der Waals surface area contributed by atoms with Crippen molar-refractivity contribution in [1.82, 2.24) is 5.32 Å². The van der Waals surface area contributed by atoms with Crippen LogP contribution in [0.15, 0.2) is 12.1 Å². The normalized spacial score (nSPS) is 44.0. The summed E-state index contributed by atoms with van der Waals surface area (Å²) in [5, 5.41) is 26.4. The van der Waals surface area contributed by atoms with Gasteiger partial charge in [-0.3, -0.25) is 4.79 Å². The van der Waals surface area contributed by atoms with Gasteiger partial charge in [0.1, 0.15) is 0 Å². The summed E-state index contributed by atoms with van der Waals surface area (Å²) in [5.74, 6) is 1.58. The van der Waals surface area contributed by atoms with Gasteiger partial charge in [-0.25, -0.2) is 0 Å². The maximum atomic E-state index is 12.9. The largest absolute Gasteiger partial charge is 0.504 e. The van der Waals surface area contributed by atoms with Crippen LogP contribution in [-0.4, -0.2) is 40.3 Å². The molecule has 0 amide bonds. The first kappa shape index (κ1) is 16.4. The number of ketones is 1. The Balaban J connectivity index is 1.55. The maximum Gasteiger partial charge on any atom is 0.174 e. The zero-order chi connectivity index (χ0) is 18.6. The van der Waals surface area contributed by atoms with Crippen molar-refractivity contribution in [2.24, 2.45) is 17.8 Å². The van der Waals surface area contributed by atoms with Crippen LogP contribution in [0.3, 0.4) is 0 Å². The molecule has 0 radical (unpaired) electrons. The van der Waals surface area contributed by atoms with E-state index in [4.69, 9.17) is 4.74 Å². The smallest absolute Gasteiger partial charge is 0.174 e. The fraction of sp³-hybridized carbons (Fsp3) is 0.682. The summed E-state index contributed by atoms with van der Waals surface area (Å²) < 4.78 is 6.12. The van der Waals surface area contributed by atoms with Crippen LogP contribution in [-0.2, 0) is 16.6 Å². The minimum atomic E-state index is -0.962. The number of hydrogen-bond acceptors (Lipinski definition) is 5. The highest BCUT2D eigenvalue weighted by atomic mass is 16.5. The molecule has 6 atom stereocenters. The summed E-state index contributed by atoms with van der Waals surface area (Å²) in [7, 11) is 0. The minimum absolute atomic E-state index is 0.0677. The number of ether oxygens (including phenoxy) is 1. The van der Waals surface area contributed by atoms with Crippen LogP contribution in [0.25, 0.3) is 0 Å². The molecule has 5 nitrogen and oxygen atoms in total. The summed E-state index contributed by atoms with van der Waals surface area (Å²) in [6.07, 6.45) is 4.51. The Kier molecular flexibility index (Phi) is 3.07. The molecule has 3 saturated carbocycles. The second-order valence-electron chi connectivity index (χ2n) is 9.61. The Labute approximate surface area is 159 Å². The number of Topliss-reactive ketones (excluding diaryl/α,β-unsaturated/α-hetero) is 1. The number of carbonyl (C=O) groups is 1. The van der Waals surface area contributed by atoms with Crippen molar-refractivity contribution in [2.45, 2.75) is 68.6 Å². The number of carbonyl (C=O) groups excluding carboxylic acids is 1. The number of aromatic hydroxyl groups is 1. The van der Waals surface area contributed by atoms with Gasteiger partial charge < -0.3 is 20.3 Å². The number of phenols is 1. The third-order valence-electron chi connectivity index (χ3n) is 8.34. The topological polar surface area (TPSA) is 78.8 Å².